The lowest BCUT2D eigenvalue weighted by Crippen LogP contribution is -2.42. The second kappa shape index (κ2) is 9.56. The van der Waals surface area contributed by atoms with Crippen molar-refractivity contribution in [3.63, 3.8) is 0 Å². The topological polar surface area (TPSA) is 56.8 Å². The van der Waals surface area contributed by atoms with E-state index in [1.165, 1.54) is 19.3 Å². The number of ether oxygens (including phenoxy) is 3. The number of methoxy groups -OCH3 is 1. The first-order valence-electron chi connectivity index (χ1n) is 9.81. The van der Waals surface area contributed by atoms with E-state index in [9.17, 15) is 4.79 Å². The zero-order valence-electron chi connectivity index (χ0n) is 16.3. The molecule has 0 spiro atoms. The highest BCUT2D eigenvalue weighted by Crippen LogP contribution is 2.44. The third kappa shape index (κ3) is 5.15. The van der Waals surface area contributed by atoms with E-state index in [1.807, 2.05) is 24.3 Å². The first-order chi connectivity index (χ1) is 13.0. The maximum absolute atomic E-state index is 12.7. The van der Waals surface area contributed by atoms with E-state index in [1.54, 1.807) is 7.11 Å². The molecule has 2 saturated carbocycles. The number of halogens is 1. The van der Waals surface area contributed by atoms with E-state index in [-0.39, 0.29) is 30.9 Å². The zero-order valence-corrected chi connectivity index (χ0v) is 18.5. The molecule has 1 aromatic rings. The van der Waals surface area contributed by atoms with E-state index >= 15 is 0 Å². The predicted octanol–water partition coefficient (Wildman–Crippen LogP) is 4.89. The fraction of sp³-hybridized carbons (Fsp3) is 0.667. The number of benzene rings is 1. The van der Waals surface area contributed by atoms with Crippen LogP contribution in [0.4, 0.5) is 4.79 Å². The predicted molar refractivity (Wildman–Crippen MR) is 112 cm³/mol. The fourth-order valence-electron chi connectivity index (χ4n) is 4.49. The Morgan fingerprint density at radius 2 is 2.04 bits per heavy atom. The first-order valence-corrected chi connectivity index (χ1v) is 10.9. The highest BCUT2D eigenvalue weighted by atomic mass is 127. The molecule has 1 aromatic carbocycles. The number of amides is 1. The summed E-state index contributed by atoms with van der Waals surface area (Å²) in [6, 6.07) is 8.29. The van der Waals surface area contributed by atoms with Crippen LogP contribution in [0.15, 0.2) is 24.3 Å². The van der Waals surface area contributed by atoms with E-state index in [4.69, 9.17) is 14.2 Å². The van der Waals surface area contributed by atoms with Gasteiger partial charge in [-0.3, -0.25) is 0 Å². The summed E-state index contributed by atoms with van der Waals surface area (Å²) in [5, 5.41) is 3.12. The van der Waals surface area contributed by atoms with Crippen LogP contribution in [0, 0.1) is 21.3 Å². The summed E-state index contributed by atoms with van der Waals surface area (Å²) in [7, 11) is 1.60. The van der Waals surface area contributed by atoms with Crippen LogP contribution in [-0.2, 0) is 14.2 Å². The van der Waals surface area contributed by atoms with E-state index < -0.39 is 6.10 Å². The van der Waals surface area contributed by atoms with Crippen LogP contribution in [0.5, 0.6) is 0 Å². The average Bonchev–Trinajstić information content (AvgIpc) is 3.25. The minimum atomic E-state index is -0.394. The Morgan fingerprint density at radius 1 is 1.26 bits per heavy atom. The van der Waals surface area contributed by atoms with Gasteiger partial charge in [0.2, 0.25) is 0 Å². The Balaban J connectivity index is 1.70. The van der Waals surface area contributed by atoms with Gasteiger partial charge in [-0.25, -0.2) is 4.79 Å². The van der Waals surface area contributed by atoms with Gasteiger partial charge in [0.15, 0.2) is 0 Å². The van der Waals surface area contributed by atoms with Gasteiger partial charge in [-0.05, 0) is 71.2 Å². The quantitative estimate of drug-likeness (QED) is 0.419. The lowest BCUT2D eigenvalue weighted by atomic mass is 9.95. The van der Waals surface area contributed by atoms with E-state index in [0.717, 1.165) is 21.5 Å². The fourth-order valence-corrected chi connectivity index (χ4v) is 5.18. The number of carbonyl (C=O) groups is 1. The van der Waals surface area contributed by atoms with Gasteiger partial charge in [0, 0.05) is 16.7 Å². The molecule has 0 radical (unpaired) electrons. The number of carbonyl (C=O) groups excluding carboxylic acids is 1. The molecule has 1 N–H and O–H groups in total. The maximum Gasteiger partial charge on any atom is 0.407 e. The normalized spacial score (nSPS) is 26.2. The van der Waals surface area contributed by atoms with Crippen molar-refractivity contribution < 1.29 is 19.0 Å². The maximum atomic E-state index is 12.7. The Kier molecular flexibility index (Phi) is 7.39. The summed E-state index contributed by atoms with van der Waals surface area (Å²) < 4.78 is 18.1. The molecule has 0 saturated heterocycles. The van der Waals surface area contributed by atoms with Gasteiger partial charge in [-0.1, -0.05) is 38.5 Å². The second-order valence-electron chi connectivity index (χ2n) is 8.05. The van der Waals surface area contributed by atoms with Crippen molar-refractivity contribution in [3.8, 4) is 0 Å². The van der Waals surface area contributed by atoms with Gasteiger partial charge in [0.25, 0.3) is 0 Å². The Hall–Kier alpha value is -0.860. The van der Waals surface area contributed by atoms with Crippen LogP contribution in [0.1, 0.15) is 51.2 Å². The minimum absolute atomic E-state index is 0.105. The Bertz CT molecular complexity index is 638. The molecular formula is C21H30INO4. The molecule has 5 nitrogen and oxygen atoms in total. The molecule has 27 heavy (non-hydrogen) atoms. The number of hydrogen-bond donors (Lipinski definition) is 1. The summed E-state index contributed by atoms with van der Waals surface area (Å²) >= 11 is 2.29. The van der Waals surface area contributed by atoms with Gasteiger partial charge in [-0.15, -0.1) is 0 Å². The lowest BCUT2D eigenvalue weighted by Gasteiger charge is -2.32. The average molecular weight is 487 g/mol. The smallest absolute Gasteiger partial charge is 0.407 e. The number of nitrogens with one attached hydrogen (secondary N) is 1. The number of hydrogen-bond acceptors (Lipinski definition) is 4. The van der Waals surface area contributed by atoms with Crippen molar-refractivity contribution in [3.05, 3.63) is 33.4 Å². The monoisotopic (exact) mass is 487 g/mol. The summed E-state index contributed by atoms with van der Waals surface area (Å²) in [4.78, 5) is 12.7. The molecule has 0 aromatic heterocycles. The second-order valence-corrected chi connectivity index (χ2v) is 9.22. The number of fused-ring (bicyclic) bond motifs is 2. The van der Waals surface area contributed by atoms with Crippen LogP contribution >= 0.6 is 22.6 Å². The third-order valence-corrected chi connectivity index (χ3v) is 6.80. The molecule has 3 unspecified atom stereocenters. The molecule has 2 aliphatic rings. The van der Waals surface area contributed by atoms with Gasteiger partial charge in [0.05, 0.1) is 0 Å². The molecule has 0 heterocycles. The standard InChI is InChI=1S/C21H30INO4/c1-13(2)19(20(26-12-25-3)16-6-4-5-7-17(16)22)27-21(24)23-18-11-14-8-9-15(18)10-14/h4-7,13-15,18-20H,8-12H2,1-3H3,(H,23,24)/t14?,15?,18?,19-,20-/m0/s1. The van der Waals surface area contributed by atoms with Gasteiger partial charge >= 0.3 is 6.09 Å². The Labute approximate surface area is 175 Å². The van der Waals surface area contributed by atoms with Gasteiger partial charge in [0.1, 0.15) is 19.0 Å². The van der Waals surface area contributed by atoms with Crippen molar-refractivity contribution in [1.29, 1.82) is 0 Å². The molecule has 2 bridgehead atoms. The molecule has 1 amide bonds. The van der Waals surface area contributed by atoms with Crippen molar-refractivity contribution in [2.75, 3.05) is 13.9 Å². The molecule has 6 heteroatoms. The molecule has 2 fully saturated rings. The van der Waals surface area contributed by atoms with Crippen molar-refractivity contribution in [1.82, 2.24) is 5.32 Å². The molecular weight excluding hydrogens is 457 g/mol. The molecule has 150 valence electrons. The van der Waals surface area contributed by atoms with Crippen LogP contribution in [-0.4, -0.2) is 32.1 Å². The third-order valence-electron chi connectivity index (χ3n) is 5.82. The molecule has 3 rings (SSSR count). The van der Waals surface area contributed by atoms with Crippen molar-refractivity contribution in [2.45, 2.75) is 57.8 Å². The SMILES string of the molecule is COCO[C@@H](c1ccccc1I)[C@@H](OC(=O)NC1CC2CCC1C2)C(C)C. The highest BCUT2D eigenvalue weighted by Gasteiger charge is 2.41. The van der Waals surface area contributed by atoms with Crippen molar-refractivity contribution in [2.24, 2.45) is 17.8 Å². The molecule has 5 atom stereocenters. The molecule has 0 aliphatic heterocycles. The summed E-state index contributed by atoms with van der Waals surface area (Å²) in [6.45, 7) is 4.25. The number of alkyl carbamates (subject to hydrolysis) is 1. The lowest BCUT2D eigenvalue weighted by molar-refractivity contribution is -0.126. The largest absolute Gasteiger partial charge is 0.443 e. The van der Waals surface area contributed by atoms with Gasteiger partial charge in [-0.2, -0.15) is 0 Å². The number of rotatable bonds is 8. The summed E-state index contributed by atoms with van der Waals surface area (Å²) in [6.07, 6.45) is 3.78. The van der Waals surface area contributed by atoms with Crippen molar-refractivity contribution >= 4 is 28.7 Å². The summed E-state index contributed by atoms with van der Waals surface area (Å²) in [5.74, 6) is 1.51. The highest BCUT2D eigenvalue weighted by molar-refractivity contribution is 14.1. The van der Waals surface area contributed by atoms with Crippen LogP contribution in [0.3, 0.4) is 0 Å². The minimum Gasteiger partial charge on any atom is -0.443 e. The van der Waals surface area contributed by atoms with Crippen LogP contribution < -0.4 is 5.32 Å². The van der Waals surface area contributed by atoms with Gasteiger partial charge < -0.3 is 19.5 Å². The van der Waals surface area contributed by atoms with Crippen LogP contribution in [0.2, 0.25) is 0 Å². The zero-order chi connectivity index (χ0) is 19.4. The van der Waals surface area contributed by atoms with E-state index in [2.05, 4.69) is 41.8 Å². The Morgan fingerprint density at radius 3 is 2.63 bits per heavy atom. The molecule has 2 aliphatic carbocycles. The van der Waals surface area contributed by atoms with Crippen LogP contribution in [0.25, 0.3) is 0 Å². The van der Waals surface area contributed by atoms with E-state index in [0.29, 0.717) is 5.92 Å². The first kappa shape index (κ1) is 20.9. The summed E-state index contributed by atoms with van der Waals surface area (Å²) in [5.41, 5.74) is 1.02.